The zero-order valence-corrected chi connectivity index (χ0v) is 17.4. The highest BCUT2D eigenvalue weighted by atomic mass is 32.2. The van der Waals surface area contributed by atoms with Gasteiger partial charge >= 0.3 is 0 Å². The van der Waals surface area contributed by atoms with Crippen LogP contribution in [0.1, 0.15) is 19.4 Å². The Labute approximate surface area is 174 Å². The van der Waals surface area contributed by atoms with E-state index >= 15 is 0 Å². The van der Waals surface area contributed by atoms with Gasteiger partial charge in [0.2, 0.25) is 5.91 Å². The Morgan fingerprint density at radius 3 is 2.31 bits per heavy atom. The molecular formula is C22H24N4O2S. The van der Waals surface area contributed by atoms with Gasteiger partial charge < -0.3 is 9.88 Å². The zero-order valence-electron chi connectivity index (χ0n) is 16.5. The monoisotopic (exact) mass is 408 g/mol. The number of Topliss-reactive ketones (excluding diaryl/α,β-unsaturated/α-hetero) is 1. The molecule has 0 radical (unpaired) electrons. The first-order valence-corrected chi connectivity index (χ1v) is 10.5. The average molecular weight is 409 g/mol. The number of hydrogen-bond donors (Lipinski definition) is 1. The lowest BCUT2D eigenvalue weighted by atomic mass is 10.0. The molecule has 0 unspecified atom stereocenters. The van der Waals surface area contributed by atoms with E-state index in [1.54, 1.807) is 0 Å². The van der Waals surface area contributed by atoms with Gasteiger partial charge in [0.15, 0.2) is 16.8 Å². The molecule has 3 aromatic rings. The summed E-state index contributed by atoms with van der Waals surface area (Å²) in [5, 5.41) is 12.1. The third kappa shape index (κ3) is 5.54. The molecule has 0 aliphatic carbocycles. The van der Waals surface area contributed by atoms with E-state index in [2.05, 4.69) is 15.5 Å². The molecule has 29 heavy (non-hydrogen) atoms. The van der Waals surface area contributed by atoms with Crippen LogP contribution in [-0.4, -0.2) is 38.2 Å². The minimum absolute atomic E-state index is 0.0599. The maximum atomic E-state index is 12.5. The molecule has 1 N–H and O–H groups in total. The van der Waals surface area contributed by atoms with Crippen molar-refractivity contribution in [2.24, 2.45) is 0 Å². The third-order valence-electron chi connectivity index (χ3n) is 4.51. The second kappa shape index (κ2) is 10.0. The maximum absolute atomic E-state index is 12.5. The van der Waals surface area contributed by atoms with Crippen LogP contribution in [0.5, 0.6) is 0 Å². The van der Waals surface area contributed by atoms with Gasteiger partial charge in [0.05, 0.1) is 11.8 Å². The summed E-state index contributed by atoms with van der Waals surface area (Å²) in [6, 6.07) is 19.0. The van der Waals surface area contributed by atoms with Crippen molar-refractivity contribution in [2.45, 2.75) is 38.0 Å². The molecule has 0 fully saturated rings. The quantitative estimate of drug-likeness (QED) is 0.549. The van der Waals surface area contributed by atoms with Crippen LogP contribution in [0.2, 0.25) is 0 Å². The van der Waals surface area contributed by atoms with Crippen LogP contribution in [0, 0.1) is 0 Å². The second-order valence-electron chi connectivity index (χ2n) is 6.63. The molecule has 2 aromatic carbocycles. The molecule has 7 heteroatoms. The van der Waals surface area contributed by atoms with Crippen molar-refractivity contribution in [3.63, 3.8) is 0 Å². The number of benzene rings is 2. The molecule has 0 saturated heterocycles. The molecule has 0 bridgehead atoms. The number of nitrogens with one attached hydrogen (secondary N) is 1. The van der Waals surface area contributed by atoms with Crippen LogP contribution in [0.3, 0.4) is 0 Å². The molecule has 6 nitrogen and oxygen atoms in total. The summed E-state index contributed by atoms with van der Waals surface area (Å²) in [7, 11) is 0. The molecule has 1 atom stereocenters. The van der Waals surface area contributed by atoms with Crippen molar-refractivity contribution in [3.8, 4) is 11.4 Å². The predicted molar refractivity (Wildman–Crippen MR) is 115 cm³/mol. The highest BCUT2D eigenvalue weighted by Crippen LogP contribution is 2.23. The number of hydrogen-bond acceptors (Lipinski definition) is 5. The maximum Gasteiger partial charge on any atom is 0.231 e. The highest BCUT2D eigenvalue weighted by Gasteiger charge is 2.19. The molecule has 0 aliphatic heterocycles. The summed E-state index contributed by atoms with van der Waals surface area (Å²) in [6.45, 7) is 4.22. The Kier molecular flexibility index (Phi) is 7.19. The lowest BCUT2D eigenvalue weighted by Crippen LogP contribution is -2.42. The smallest absolute Gasteiger partial charge is 0.231 e. The Morgan fingerprint density at radius 1 is 1.03 bits per heavy atom. The van der Waals surface area contributed by atoms with Crippen molar-refractivity contribution in [2.75, 3.05) is 5.75 Å². The molecule has 0 aliphatic rings. The second-order valence-corrected chi connectivity index (χ2v) is 7.57. The van der Waals surface area contributed by atoms with E-state index in [0.717, 1.165) is 17.0 Å². The minimum Gasteiger partial charge on any atom is -0.345 e. The van der Waals surface area contributed by atoms with Crippen molar-refractivity contribution in [1.29, 1.82) is 0 Å². The van der Waals surface area contributed by atoms with E-state index in [1.807, 2.05) is 72.2 Å². The lowest BCUT2D eigenvalue weighted by Gasteiger charge is -2.16. The van der Waals surface area contributed by atoms with E-state index in [0.29, 0.717) is 18.1 Å². The molecule has 1 amide bonds. The fourth-order valence-corrected chi connectivity index (χ4v) is 3.81. The number of rotatable bonds is 9. The average Bonchev–Trinajstić information content (AvgIpc) is 3.16. The Hall–Kier alpha value is -2.93. The first-order chi connectivity index (χ1) is 14.1. The number of ketones is 1. The summed E-state index contributed by atoms with van der Waals surface area (Å²) < 4.78 is 1.99. The minimum atomic E-state index is -0.533. The van der Waals surface area contributed by atoms with Crippen molar-refractivity contribution in [3.05, 3.63) is 66.2 Å². The number of carbonyl (C=O) groups is 2. The van der Waals surface area contributed by atoms with Crippen LogP contribution in [-0.2, 0) is 22.6 Å². The van der Waals surface area contributed by atoms with E-state index in [1.165, 1.54) is 18.7 Å². The predicted octanol–water partition coefficient (Wildman–Crippen LogP) is 3.37. The van der Waals surface area contributed by atoms with Crippen molar-refractivity contribution in [1.82, 2.24) is 20.1 Å². The van der Waals surface area contributed by atoms with E-state index in [-0.39, 0.29) is 17.4 Å². The van der Waals surface area contributed by atoms with Crippen LogP contribution in [0.25, 0.3) is 11.4 Å². The fourth-order valence-electron chi connectivity index (χ4n) is 2.99. The van der Waals surface area contributed by atoms with Crippen LogP contribution in [0.4, 0.5) is 0 Å². The Balaban J connectivity index is 1.62. The number of thioether (sulfide) groups is 1. The van der Waals surface area contributed by atoms with Gasteiger partial charge in [-0.1, -0.05) is 72.4 Å². The molecule has 1 heterocycles. The van der Waals surface area contributed by atoms with E-state index in [9.17, 15) is 9.59 Å². The third-order valence-corrected chi connectivity index (χ3v) is 5.47. The Morgan fingerprint density at radius 2 is 1.69 bits per heavy atom. The largest absolute Gasteiger partial charge is 0.345 e. The van der Waals surface area contributed by atoms with Gasteiger partial charge in [0, 0.05) is 12.1 Å². The molecular weight excluding hydrogens is 384 g/mol. The Bertz CT molecular complexity index is 957. The topological polar surface area (TPSA) is 76.9 Å². The SMILES string of the molecule is CCn1c(SCC(=O)N[C@@H](Cc2ccccc2)C(C)=O)nnc1-c1ccccc1. The summed E-state index contributed by atoms with van der Waals surface area (Å²) >= 11 is 1.32. The number of amides is 1. The molecule has 0 spiro atoms. The van der Waals surface area contributed by atoms with Crippen LogP contribution in [0.15, 0.2) is 65.8 Å². The first kappa shape index (κ1) is 20.8. The first-order valence-electron chi connectivity index (χ1n) is 9.53. The van der Waals surface area contributed by atoms with Gasteiger partial charge in [-0.15, -0.1) is 10.2 Å². The van der Waals surface area contributed by atoms with Gasteiger partial charge in [-0.25, -0.2) is 0 Å². The lowest BCUT2D eigenvalue weighted by molar-refractivity contribution is -0.125. The van der Waals surface area contributed by atoms with Crippen molar-refractivity contribution < 1.29 is 9.59 Å². The van der Waals surface area contributed by atoms with Gasteiger partial charge in [-0.3, -0.25) is 9.59 Å². The zero-order chi connectivity index (χ0) is 20.6. The number of carbonyl (C=O) groups excluding carboxylic acids is 2. The van der Waals surface area contributed by atoms with Gasteiger partial charge in [-0.05, 0) is 25.8 Å². The van der Waals surface area contributed by atoms with E-state index < -0.39 is 6.04 Å². The molecule has 0 saturated carbocycles. The molecule has 1 aromatic heterocycles. The standard InChI is InChI=1S/C22H24N4O2S/c1-3-26-21(18-12-8-5-9-13-18)24-25-22(26)29-15-20(28)23-19(16(2)27)14-17-10-6-4-7-11-17/h4-13,19H,3,14-15H2,1-2H3,(H,23,28)/t19-/m0/s1. The summed E-state index contributed by atoms with van der Waals surface area (Å²) in [5.74, 6) is 0.695. The molecule has 3 rings (SSSR count). The summed E-state index contributed by atoms with van der Waals surface area (Å²) in [5.41, 5.74) is 2.00. The summed E-state index contributed by atoms with van der Waals surface area (Å²) in [4.78, 5) is 24.4. The van der Waals surface area contributed by atoms with Gasteiger partial charge in [-0.2, -0.15) is 0 Å². The van der Waals surface area contributed by atoms with Gasteiger partial charge in [0.25, 0.3) is 0 Å². The molecule has 150 valence electrons. The van der Waals surface area contributed by atoms with Crippen LogP contribution < -0.4 is 5.32 Å². The normalized spacial score (nSPS) is 11.8. The van der Waals surface area contributed by atoms with Gasteiger partial charge in [0.1, 0.15) is 0 Å². The van der Waals surface area contributed by atoms with Crippen molar-refractivity contribution >= 4 is 23.5 Å². The number of aromatic nitrogens is 3. The van der Waals surface area contributed by atoms with Crippen LogP contribution >= 0.6 is 11.8 Å². The highest BCUT2D eigenvalue weighted by molar-refractivity contribution is 7.99. The fraction of sp³-hybridized carbons (Fsp3) is 0.273. The number of nitrogens with zero attached hydrogens (tertiary/aromatic N) is 3. The summed E-state index contributed by atoms with van der Waals surface area (Å²) in [6.07, 6.45) is 0.482. The van der Waals surface area contributed by atoms with E-state index in [4.69, 9.17) is 0 Å².